The molecule has 0 aliphatic carbocycles. The largest absolute Gasteiger partial charge is 0.464 e. The van der Waals surface area contributed by atoms with Crippen LogP contribution < -0.4 is 5.32 Å². The van der Waals surface area contributed by atoms with Crippen LogP contribution in [0.2, 0.25) is 0 Å². The fourth-order valence-corrected chi connectivity index (χ4v) is 5.94. The lowest BCUT2D eigenvalue weighted by atomic mass is 9.99. The Morgan fingerprint density at radius 3 is 2.39 bits per heavy atom. The molecule has 0 aromatic heterocycles. The number of rotatable bonds is 10. The Hall–Kier alpha value is -2.49. The predicted octanol–water partition coefficient (Wildman–Crippen LogP) is 1.11. The van der Waals surface area contributed by atoms with E-state index >= 15 is 0 Å². The van der Waals surface area contributed by atoms with Crippen LogP contribution in [-0.2, 0) is 28.7 Å². The number of amides is 3. The first-order valence-corrected chi connectivity index (χ1v) is 13.4. The summed E-state index contributed by atoms with van der Waals surface area (Å²) in [6, 6.07) is -1.56. The lowest BCUT2D eigenvalue weighted by Crippen LogP contribution is -2.59. The highest BCUT2D eigenvalue weighted by atomic mass is 16.5. The Morgan fingerprint density at radius 1 is 1.00 bits per heavy atom. The van der Waals surface area contributed by atoms with Crippen LogP contribution in [0.15, 0.2) is 0 Å². The Morgan fingerprint density at radius 2 is 1.72 bits per heavy atom. The number of likely N-dealkylation sites (tertiary alicyclic amines) is 3. The van der Waals surface area contributed by atoms with Crippen molar-refractivity contribution in [1.82, 2.24) is 20.0 Å². The topological polar surface area (TPSA) is 116 Å². The van der Waals surface area contributed by atoms with E-state index in [1.54, 1.807) is 18.7 Å². The van der Waals surface area contributed by atoms with Gasteiger partial charge in [0, 0.05) is 25.6 Å². The van der Waals surface area contributed by atoms with Gasteiger partial charge in [-0.1, -0.05) is 6.92 Å². The van der Waals surface area contributed by atoms with E-state index in [1.165, 1.54) is 0 Å². The number of Topliss-reactive ketones (excluding diaryl/α,β-unsaturated/α-hetero) is 1. The maximum Gasteiger partial charge on any atom is 0.293 e. The minimum Gasteiger partial charge on any atom is -0.464 e. The number of carbonyl (C=O) groups is 5. The van der Waals surface area contributed by atoms with Gasteiger partial charge < -0.3 is 19.9 Å². The molecule has 36 heavy (non-hydrogen) atoms. The molecule has 3 amide bonds. The molecule has 3 heterocycles. The van der Waals surface area contributed by atoms with Gasteiger partial charge in [0.15, 0.2) is 5.78 Å². The minimum absolute atomic E-state index is 0.0813. The number of ether oxygens (including phenoxy) is 1. The zero-order chi connectivity index (χ0) is 26.4. The third-order valence-electron chi connectivity index (χ3n) is 7.72. The van der Waals surface area contributed by atoms with Crippen LogP contribution in [-0.4, -0.2) is 101 Å². The van der Waals surface area contributed by atoms with Crippen LogP contribution in [0, 0.1) is 5.92 Å². The molecule has 3 fully saturated rings. The van der Waals surface area contributed by atoms with Gasteiger partial charge in [-0.05, 0) is 71.8 Å². The number of nitrogens with one attached hydrogen (secondary N) is 1. The number of nitrogens with zero attached hydrogens (tertiary/aromatic N) is 3. The summed E-state index contributed by atoms with van der Waals surface area (Å²) in [6.45, 7) is 9.80. The highest BCUT2D eigenvalue weighted by molar-refractivity contribution is 5.93. The molecule has 3 saturated heterocycles. The zero-order valence-electron chi connectivity index (χ0n) is 22.1. The third kappa shape index (κ3) is 6.83. The fourth-order valence-electron chi connectivity index (χ4n) is 5.94. The zero-order valence-corrected chi connectivity index (χ0v) is 22.1. The summed E-state index contributed by atoms with van der Waals surface area (Å²) in [5.41, 5.74) is 0. The summed E-state index contributed by atoms with van der Waals surface area (Å²) >= 11 is 0. The van der Waals surface area contributed by atoms with Gasteiger partial charge in [-0.25, -0.2) is 0 Å². The van der Waals surface area contributed by atoms with E-state index in [4.69, 9.17) is 4.74 Å². The smallest absolute Gasteiger partial charge is 0.293 e. The second kappa shape index (κ2) is 12.7. The van der Waals surface area contributed by atoms with E-state index < -0.39 is 24.2 Å². The molecule has 0 aromatic carbocycles. The van der Waals surface area contributed by atoms with Crippen molar-refractivity contribution in [3.63, 3.8) is 0 Å². The van der Waals surface area contributed by atoms with Crippen molar-refractivity contribution in [1.29, 1.82) is 0 Å². The van der Waals surface area contributed by atoms with E-state index in [1.807, 2.05) is 16.7 Å². The summed E-state index contributed by atoms with van der Waals surface area (Å²) < 4.78 is 4.81. The normalized spacial score (nSPS) is 28.4. The number of hydrogen-bond donors (Lipinski definition) is 1. The van der Waals surface area contributed by atoms with Crippen LogP contribution in [0.5, 0.6) is 0 Å². The van der Waals surface area contributed by atoms with E-state index in [-0.39, 0.29) is 42.5 Å². The summed E-state index contributed by atoms with van der Waals surface area (Å²) in [4.78, 5) is 68.2. The highest BCUT2D eigenvalue weighted by Gasteiger charge is 2.41. The fraction of sp³-hybridized carbons (Fsp3) is 0.808. The van der Waals surface area contributed by atoms with E-state index in [9.17, 15) is 24.0 Å². The van der Waals surface area contributed by atoms with Gasteiger partial charge in [0.2, 0.25) is 17.7 Å². The van der Waals surface area contributed by atoms with Crippen molar-refractivity contribution >= 4 is 30.0 Å². The van der Waals surface area contributed by atoms with Crippen molar-refractivity contribution in [3.05, 3.63) is 0 Å². The summed E-state index contributed by atoms with van der Waals surface area (Å²) in [7, 11) is 0. The maximum atomic E-state index is 13.6. The summed E-state index contributed by atoms with van der Waals surface area (Å²) in [5.74, 6) is -0.139. The Bertz CT molecular complexity index is 835. The standard InChI is InChI=1S/C26H42N4O6/c1-17-12-18(2)30(14-17)25(34)20(4)27-24(33)22-8-5-6-11-29(22)26(35)23-9-7-10-28(23)15-21(32)13-19(3)36-16-31/h16-20,22-23H,5-15H2,1-4H3,(H,27,33)/t17?,18?,19?,20?,22?,23-/m0/s1. The Kier molecular flexibility index (Phi) is 9.87. The molecule has 1 N–H and O–H groups in total. The van der Waals surface area contributed by atoms with Crippen LogP contribution in [0.25, 0.3) is 0 Å². The Balaban J connectivity index is 1.61. The van der Waals surface area contributed by atoms with E-state index in [2.05, 4.69) is 12.2 Å². The van der Waals surface area contributed by atoms with E-state index in [0.29, 0.717) is 44.9 Å². The average molecular weight is 507 g/mol. The van der Waals surface area contributed by atoms with Gasteiger partial charge in [0.05, 0.1) is 12.6 Å². The molecular formula is C26H42N4O6. The number of carbonyl (C=O) groups excluding carboxylic acids is 5. The molecule has 0 saturated carbocycles. The summed E-state index contributed by atoms with van der Waals surface area (Å²) in [6.07, 6.45) is 4.21. The second-order valence-electron chi connectivity index (χ2n) is 10.9. The number of ketones is 1. The molecule has 10 heteroatoms. The van der Waals surface area contributed by atoms with Crippen molar-refractivity contribution in [2.24, 2.45) is 5.92 Å². The lowest BCUT2D eigenvalue weighted by molar-refractivity contribution is -0.147. The number of piperidine rings is 1. The first-order valence-electron chi connectivity index (χ1n) is 13.4. The first-order chi connectivity index (χ1) is 17.1. The molecular weight excluding hydrogens is 464 g/mol. The summed E-state index contributed by atoms with van der Waals surface area (Å²) in [5, 5.41) is 2.88. The van der Waals surface area contributed by atoms with Crippen LogP contribution in [0.3, 0.4) is 0 Å². The number of hydrogen-bond acceptors (Lipinski definition) is 7. The maximum absolute atomic E-state index is 13.6. The second-order valence-corrected chi connectivity index (χ2v) is 10.9. The Labute approximate surface area is 214 Å². The third-order valence-corrected chi connectivity index (χ3v) is 7.72. The lowest BCUT2D eigenvalue weighted by Gasteiger charge is -2.38. The molecule has 6 atom stereocenters. The van der Waals surface area contributed by atoms with E-state index in [0.717, 1.165) is 25.7 Å². The highest BCUT2D eigenvalue weighted by Crippen LogP contribution is 2.26. The molecule has 0 radical (unpaired) electrons. The van der Waals surface area contributed by atoms with Crippen molar-refractivity contribution < 1.29 is 28.7 Å². The van der Waals surface area contributed by atoms with Gasteiger partial charge >= 0.3 is 0 Å². The molecule has 10 nitrogen and oxygen atoms in total. The molecule has 3 rings (SSSR count). The van der Waals surface area contributed by atoms with Crippen LogP contribution >= 0.6 is 0 Å². The van der Waals surface area contributed by atoms with Gasteiger partial charge in [-0.2, -0.15) is 0 Å². The molecule has 0 aromatic rings. The molecule has 0 spiro atoms. The van der Waals surface area contributed by atoms with Crippen molar-refractivity contribution in [3.8, 4) is 0 Å². The van der Waals surface area contributed by atoms with Gasteiger partial charge in [0.1, 0.15) is 18.2 Å². The van der Waals surface area contributed by atoms with Crippen LogP contribution in [0.1, 0.15) is 72.6 Å². The van der Waals surface area contributed by atoms with Gasteiger partial charge in [0.25, 0.3) is 6.47 Å². The van der Waals surface area contributed by atoms with Crippen molar-refractivity contribution in [2.75, 3.05) is 26.2 Å². The SMILES string of the molecule is CC1CC(C)N(C(=O)C(C)NC(=O)C2CCCCN2C(=O)[C@@H]2CCCN2CC(=O)CC(C)OC=O)C1. The first kappa shape index (κ1) is 28.1. The minimum atomic E-state index is -0.652. The van der Waals surface area contributed by atoms with Gasteiger partial charge in [-0.15, -0.1) is 0 Å². The predicted molar refractivity (Wildman–Crippen MR) is 133 cm³/mol. The average Bonchev–Trinajstić information content (AvgIpc) is 3.43. The molecule has 5 unspecified atom stereocenters. The molecule has 202 valence electrons. The van der Waals surface area contributed by atoms with Crippen LogP contribution in [0.4, 0.5) is 0 Å². The molecule has 0 bridgehead atoms. The molecule has 3 aliphatic heterocycles. The van der Waals surface area contributed by atoms with Crippen molar-refractivity contribution in [2.45, 2.75) is 103 Å². The monoisotopic (exact) mass is 506 g/mol. The molecule has 3 aliphatic rings. The van der Waals surface area contributed by atoms with Gasteiger partial charge in [-0.3, -0.25) is 28.9 Å². The quantitative estimate of drug-likeness (QED) is 0.441.